The Kier molecular flexibility index (Phi) is 5.84. The number of benzene rings is 1. The average Bonchev–Trinajstić information content (AvgIpc) is 2.49. The van der Waals surface area contributed by atoms with Crippen LogP contribution in [0, 0.1) is 0 Å². The minimum Gasteiger partial charge on any atom is -0.464 e. The van der Waals surface area contributed by atoms with Gasteiger partial charge in [0.25, 0.3) is 0 Å². The molecule has 0 saturated carbocycles. The number of aromatic nitrogens is 1. The fraction of sp³-hybridized carbons (Fsp3) is 0.200. The number of carbonyl (C=O) groups excluding carboxylic acids is 1. The summed E-state index contributed by atoms with van der Waals surface area (Å²) in [6.45, 7) is 0.733. The van der Waals surface area contributed by atoms with E-state index >= 15 is 0 Å². The minimum atomic E-state index is -0.368. The molecule has 21 heavy (non-hydrogen) atoms. The fourth-order valence-electron chi connectivity index (χ4n) is 1.71. The molecule has 2 rings (SSSR count). The van der Waals surface area contributed by atoms with E-state index < -0.39 is 0 Å². The van der Waals surface area contributed by atoms with Crippen molar-refractivity contribution in [2.45, 2.75) is 6.42 Å². The number of pyridine rings is 1. The van der Waals surface area contributed by atoms with Crippen molar-refractivity contribution in [2.24, 2.45) is 0 Å². The lowest BCUT2D eigenvalue weighted by Gasteiger charge is -2.08. The lowest BCUT2D eigenvalue weighted by Crippen LogP contribution is -2.16. The predicted molar refractivity (Wildman–Crippen MR) is 83.9 cm³/mol. The molecule has 110 valence electrons. The van der Waals surface area contributed by atoms with E-state index in [-0.39, 0.29) is 19.0 Å². The topological polar surface area (TPSA) is 51.2 Å². The highest BCUT2D eigenvalue weighted by Gasteiger charge is 2.11. The number of ether oxygens (including phenoxy) is 1. The molecule has 1 heterocycles. The summed E-state index contributed by atoms with van der Waals surface area (Å²) in [7, 11) is 0. The largest absolute Gasteiger partial charge is 0.464 e. The highest BCUT2D eigenvalue weighted by molar-refractivity contribution is 6.36. The van der Waals surface area contributed by atoms with Crippen molar-refractivity contribution < 1.29 is 9.53 Å². The van der Waals surface area contributed by atoms with Crippen LogP contribution in [0.2, 0.25) is 10.0 Å². The van der Waals surface area contributed by atoms with Crippen LogP contribution in [0.5, 0.6) is 0 Å². The minimum absolute atomic E-state index is 0.0576. The number of nitrogens with one attached hydrogen (secondary N) is 1. The van der Waals surface area contributed by atoms with Crippen molar-refractivity contribution in [2.75, 3.05) is 18.5 Å². The number of carbonyl (C=O) groups is 1. The highest BCUT2D eigenvalue weighted by Crippen LogP contribution is 2.24. The maximum Gasteiger partial charge on any atom is 0.310 e. The maximum atomic E-state index is 11.7. The number of nitrogens with zero attached hydrogens (tertiary/aromatic N) is 1. The van der Waals surface area contributed by atoms with Gasteiger partial charge in [-0.3, -0.25) is 4.79 Å². The van der Waals surface area contributed by atoms with Gasteiger partial charge in [-0.05, 0) is 24.3 Å². The summed E-state index contributed by atoms with van der Waals surface area (Å²) in [4.78, 5) is 15.8. The summed E-state index contributed by atoms with van der Waals surface area (Å²) in [5.41, 5.74) is 0.587. The Morgan fingerprint density at radius 3 is 2.57 bits per heavy atom. The molecule has 0 saturated heterocycles. The van der Waals surface area contributed by atoms with E-state index in [4.69, 9.17) is 27.9 Å². The SMILES string of the molecule is O=C(Cc1c(Cl)cccc1Cl)OCCNc1ccccn1. The van der Waals surface area contributed by atoms with Crippen LogP contribution in [-0.4, -0.2) is 24.1 Å². The molecule has 2 aromatic rings. The Morgan fingerprint density at radius 1 is 1.14 bits per heavy atom. The molecular weight excluding hydrogens is 311 g/mol. The van der Waals surface area contributed by atoms with Gasteiger partial charge in [0.1, 0.15) is 12.4 Å². The summed E-state index contributed by atoms with van der Waals surface area (Å²) < 4.78 is 5.13. The molecule has 0 radical (unpaired) electrons. The summed E-state index contributed by atoms with van der Waals surface area (Å²) in [6.07, 6.45) is 1.75. The summed E-state index contributed by atoms with van der Waals surface area (Å²) in [5, 5.41) is 3.97. The second-order valence-electron chi connectivity index (χ2n) is 4.24. The van der Waals surface area contributed by atoms with Gasteiger partial charge < -0.3 is 10.1 Å². The van der Waals surface area contributed by atoms with Crippen LogP contribution in [0.15, 0.2) is 42.6 Å². The molecule has 1 aromatic heterocycles. The van der Waals surface area contributed by atoms with Gasteiger partial charge in [-0.15, -0.1) is 0 Å². The van der Waals surface area contributed by atoms with Crippen LogP contribution >= 0.6 is 23.2 Å². The zero-order valence-electron chi connectivity index (χ0n) is 11.2. The van der Waals surface area contributed by atoms with Crippen molar-refractivity contribution in [3.63, 3.8) is 0 Å². The number of hydrogen-bond acceptors (Lipinski definition) is 4. The van der Waals surface area contributed by atoms with Crippen LogP contribution in [0.4, 0.5) is 5.82 Å². The molecule has 0 aliphatic carbocycles. The zero-order chi connectivity index (χ0) is 15.1. The quantitative estimate of drug-likeness (QED) is 0.651. The number of esters is 1. The second kappa shape index (κ2) is 7.86. The van der Waals surface area contributed by atoms with Gasteiger partial charge in [0.15, 0.2) is 0 Å². The monoisotopic (exact) mass is 324 g/mol. The third-order valence-electron chi connectivity index (χ3n) is 2.72. The van der Waals surface area contributed by atoms with E-state index in [1.807, 2.05) is 18.2 Å². The molecule has 0 aliphatic rings. The molecule has 4 nitrogen and oxygen atoms in total. The third kappa shape index (κ3) is 4.92. The van der Waals surface area contributed by atoms with E-state index in [0.29, 0.717) is 22.2 Å². The van der Waals surface area contributed by atoms with E-state index in [0.717, 1.165) is 5.82 Å². The predicted octanol–water partition coefficient (Wildman–Crippen LogP) is 3.59. The van der Waals surface area contributed by atoms with Gasteiger partial charge in [-0.25, -0.2) is 4.98 Å². The van der Waals surface area contributed by atoms with Gasteiger partial charge >= 0.3 is 5.97 Å². The van der Waals surface area contributed by atoms with Crippen molar-refractivity contribution >= 4 is 35.0 Å². The van der Waals surface area contributed by atoms with E-state index in [1.54, 1.807) is 24.4 Å². The Bertz CT molecular complexity index is 586. The number of hydrogen-bond donors (Lipinski definition) is 1. The first-order valence-electron chi connectivity index (χ1n) is 6.40. The molecule has 1 aromatic carbocycles. The smallest absolute Gasteiger partial charge is 0.310 e. The lowest BCUT2D eigenvalue weighted by molar-refractivity contribution is -0.142. The molecule has 0 bridgehead atoms. The van der Waals surface area contributed by atoms with Crippen LogP contribution in [0.1, 0.15) is 5.56 Å². The molecule has 0 atom stereocenters. The molecule has 0 aliphatic heterocycles. The lowest BCUT2D eigenvalue weighted by atomic mass is 10.1. The standard InChI is InChI=1S/C15H14Cl2N2O2/c16-12-4-3-5-13(17)11(12)10-15(20)21-9-8-19-14-6-1-2-7-18-14/h1-7H,8-10H2,(H,18,19). The van der Waals surface area contributed by atoms with Gasteiger partial charge in [-0.1, -0.05) is 35.3 Å². The Hall–Kier alpha value is -1.78. The fourth-order valence-corrected chi connectivity index (χ4v) is 2.24. The van der Waals surface area contributed by atoms with Crippen LogP contribution < -0.4 is 5.32 Å². The zero-order valence-corrected chi connectivity index (χ0v) is 12.7. The molecule has 0 spiro atoms. The van der Waals surface area contributed by atoms with Crippen LogP contribution in [0.3, 0.4) is 0 Å². The second-order valence-corrected chi connectivity index (χ2v) is 5.05. The first kappa shape index (κ1) is 15.6. The summed E-state index contributed by atoms with van der Waals surface area (Å²) in [6, 6.07) is 10.7. The third-order valence-corrected chi connectivity index (χ3v) is 3.43. The maximum absolute atomic E-state index is 11.7. The van der Waals surface area contributed by atoms with E-state index in [2.05, 4.69) is 10.3 Å². The molecule has 0 unspecified atom stereocenters. The Balaban J connectivity index is 1.75. The normalized spacial score (nSPS) is 10.2. The van der Waals surface area contributed by atoms with Crippen molar-refractivity contribution in [3.05, 3.63) is 58.2 Å². The number of anilines is 1. The highest BCUT2D eigenvalue weighted by atomic mass is 35.5. The Labute approximate surface area is 133 Å². The van der Waals surface area contributed by atoms with Crippen molar-refractivity contribution in [1.29, 1.82) is 0 Å². The number of halogens is 2. The first-order chi connectivity index (χ1) is 10.2. The average molecular weight is 325 g/mol. The van der Waals surface area contributed by atoms with Gasteiger partial charge in [0.05, 0.1) is 13.0 Å². The van der Waals surface area contributed by atoms with Crippen LogP contribution in [0.25, 0.3) is 0 Å². The van der Waals surface area contributed by atoms with Gasteiger partial charge in [-0.2, -0.15) is 0 Å². The molecular formula is C15H14Cl2N2O2. The molecule has 0 fully saturated rings. The first-order valence-corrected chi connectivity index (χ1v) is 7.16. The molecule has 1 N–H and O–H groups in total. The molecule has 0 amide bonds. The van der Waals surface area contributed by atoms with E-state index in [9.17, 15) is 4.79 Å². The van der Waals surface area contributed by atoms with Gasteiger partial charge in [0.2, 0.25) is 0 Å². The molecule has 6 heteroatoms. The number of rotatable bonds is 6. The van der Waals surface area contributed by atoms with E-state index in [1.165, 1.54) is 0 Å². The summed E-state index contributed by atoms with van der Waals surface area (Å²) in [5.74, 6) is 0.371. The van der Waals surface area contributed by atoms with Gasteiger partial charge in [0, 0.05) is 21.8 Å². The van der Waals surface area contributed by atoms with Crippen molar-refractivity contribution in [3.8, 4) is 0 Å². The Morgan fingerprint density at radius 2 is 1.90 bits per heavy atom. The van der Waals surface area contributed by atoms with Crippen molar-refractivity contribution in [1.82, 2.24) is 4.98 Å². The summed E-state index contributed by atoms with van der Waals surface area (Å²) >= 11 is 12.0. The van der Waals surface area contributed by atoms with Crippen LogP contribution in [-0.2, 0) is 16.0 Å².